The molecule has 0 rings (SSSR count). The van der Waals surface area contributed by atoms with E-state index in [0.717, 1.165) is 32.1 Å². The van der Waals surface area contributed by atoms with Crippen molar-refractivity contribution in [3.63, 3.8) is 0 Å². The standard InChI is InChI=1S/C16H28O3/c1-4-7-8-11-15(17)14(9-5-2)12-13-19-16(18)10-6-3/h8,11,14H,4-7,9-10,12-13H2,1-3H3. The Hall–Kier alpha value is -1.12. The van der Waals surface area contributed by atoms with Crippen LogP contribution in [-0.2, 0) is 14.3 Å². The lowest BCUT2D eigenvalue weighted by molar-refractivity contribution is -0.144. The first-order valence-corrected chi connectivity index (χ1v) is 7.51. The molecule has 0 radical (unpaired) electrons. The Morgan fingerprint density at radius 2 is 1.79 bits per heavy atom. The molecule has 0 saturated carbocycles. The minimum Gasteiger partial charge on any atom is -0.466 e. The Morgan fingerprint density at radius 1 is 1.05 bits per heavy atom. The molecule has 3 nitrogen and oxygen atoms in total. The monoisotopic (exact) mass is 268 g/mol. The van der Waals surface area contributed by atoms with Crippen LogP contribution in [0.15, 0.2) is 12.2 Å². The van der Waals surface area contributed by atoms with Crippen LogP contribution in [0.4, 0.5) is 0 Å². The van der Waals surface area contributed by atoms with E-state index in [1.165, 1.54) is 0 Å². The van der Waals surface area contributed by atoms with Crippen molar-refractivity contribution >= 4 is 11.8 Å². The van der Waals surface area contributed by atoms with Gasteiger partial charge in [0.15, 0.2) is 5.78 Å². The lowest BCUT2D eigenvalue weighted by Crippen LogP contribution is -2.16. The predicted octanol–water partition coefficient (Wildman–Crippen LogP) is 4.06. The first kappa shape index (κ1) is 17.9. The van der Waals surface area contributed by atoms with Crippen molar-refractivity contribution in [2.45, 2.75) is 65.7 Å². The molecule has 0 aliphatic rings. The van der Waals surface area contributed by atoms with Gasteiger partial charge in [0.1, 0.15) is 0 Å². The molecule has 0 heterocycles. The molecule has 0 fully saturated rings. The normalized spacial score (nSPS) is 12.6. The maximum atomic E-state index is 12.0. The van der Waals surface area contributed by atoms with Gasteiger partial charge in [0, 0.05) is 12.3 Å². The van der Waals surface area contributed by atoms with Crippen LogP contribution in [0, 0.1) is 5.92 Å². The zero-order valence-electron chi connectivity index (χ0n) is 12.6. The Morgan fingerprint density at radius 3 is 2.37 bits per heavy atom. The highest BCUT2D eigenvalue weighted by molar-refractivity contribution is 5.91. The highest BCUT2D eigenvalue weighted by Crippen LogP contribution is 2.14. The number of allylic oxidation sites excluding steroid dienone is 2. The quantitative estimate of drug-likeness (QED) is 0.419. The van der Waals surface area contributed by atoms with Crippen LogP contribution >= 0.6 is 0 Å². The molecule has 1 atom stereocenters. The van der Waals surface area contributed by atoms with Gasteiger partial charge in [0.05, 0.1) is 6.61 Å². The summed E-state index contributed by atoms with van der Waals surface area (Å²) in [6.07, 6.45) is 9.36. The summed E-state index contributed by atoms with van der Waals surface area (Å²) in [4.78, 5) is 23.2. The lowest BCUT2D eigenvalue weighted by Gasteiger charge is -2.13. The van der Waals surface area contributed by atoms with Crippen LogP contribution in [0.3, 0.4) is 0 Å². The van der Waals surface area contributed by atoms with Gasteiger partial charge in [-0.3, -0.25) is 9.59 Å². The fraction of sp³-hybridized carbons (Fsp3) is 0.750. The molecule has 1 unspecified atom stereocenters. The molecule has 3 heteroatoms. The van der Waals surface area contributed by atoms with Gasteiger partial charge in [-0.15, -0.1) is 0 Å². The van der Waals surface area contributed by atoms with Gasteiger partial charge in [-0.25, -0.2) is 0 Å². The Labute approximate surface area is 117 Å². The molecule has 0 bridgehead atoms. The van der Waals surface area contributed by atoms with Crippen LogP contribution in [-0.4, -0.2) is 18.4 Å². The minimum atomic E-state index is -0.160. The number of carbonyl (C=O) groups is 2. The summed E-state index contributed by atoms with van der Waals surface area (Å²) in [6, 6.07) is 0. The van der Waals surface area contributed by atoms with Crippen molar-refractivity contribution < 1.29 is 14.3 Å². The lowest BCUT2D eigenvalue weighted by atomic mass is 9.95. The molecule has 0 N–H and O–H groups in total. The first-order chi connectivity index (χ1) is 9.15. The minimum absolute atomic E-state index is 0.00691. The van der Waals surface area contributed by atoms with Crippen LogP contribution in [0.25, 0.3) is 0 Å². The van der Waals surface area contributed by atoms with Gasteiger partial charge in [-0.1, -0.05) is 39.7 Å². The summed E-state index contributed by atoms with van der Waals surface area (Å²) in [5, 5.41) is 0. The maximum absolute atomic E-state index is 12.0. The van der Waals surface area contributed by atoms with E-state index < -0.39 is 0 Å². The molecular weight excluding hydrogens is 240 g/mol. The largest absolute Gasteiger partial charge is 0.466 e. The van der Waals surface area contributed by atoms with Crippen LogP contribution < -0.4 is 0 Å². The second kappa shape index (κ2) is 11.9. The first-order valence-electron chi connectivity index (χ1n) is 7.51. The Kier molecular flexibility index (Phi) is 11.2. The number of rotatable bonds is 11. The summed E-state index contributed by atoms with van der Waals surface area (Å²) in [5.74, 6) is 0.00101. The van der Waals surface area contributed by atoms with Gasteiger partial charge in [0.25, 0.3) is 0 Å². The van der Waals surface area contributed by atoms with Gasteiger partial charge >= 0.3 is 5.97 Å². The van der Waals surface area contributed by atoms with Crippen molar-refractivity contribution in [3.05, 3.63) is 12.2 Å². The second-order valence-corrected chi connectivity index (χ2v) is 4.84. The Bertz CT molecular complexity index is 282. The molecule has 0 aromatic carbocycles. The summed E-state index contributed by atoms with van der Waals surface area (Å²) >= 11 is 0. The summed E-state index contributed by atoms with van der Waals surface area (Å²) in [6.45, 7) is 6.46. The second-order valence-electron chi connectivity index (χ2n) is 4.84. The van der Waals surface area contributed by atoms with Crippen LogP contribution in [0.1, 0.15) is 65.7 Å². The van der Waals surface area contributed by atoms with Crippen molar-refractivity contribution in [2.24, 2.45) is 5.92 Å². The highest BCUT2D eigenvalue weighted by atomic mass is 16.5. The molecule has 110 valence electrons. The van der Waals surface area contributed by atoms with E-state index >= 15 is 0 Å². The summed E-state index contributed by atoms with van der Waals surface area (Å²) < 4.78 is 5.12. The number of carbonyl (C=O) groups excluding carboxylic acids is 2. The van der Waals surface area contributed by atoms with Crippen molar-refractivity contribution in [2.75, 3.05) is 6.61 Å². The molecule has 0 aromatic rings. The van der Waals surface area contributed by atoms with E-state index in [9.17, 15) is 9.59 Å². The average Bonchev–Trinajstić information content (AvgIpc) is 2.38. The van der Waals surface area contributed by atoms with Crippen molar-refractivity contribution in [1.82, 2.24) is 0 Å². The maximum Gasteiger partial charge on any atom is 0.305 e. The number of hydrogen-bond acceptors (Lipinski definition) is 3. The van der Waals surface area contributed by atoms with Gasteiger partial charge in [-0.05, 0) is 31.8 Å². The van der Waals surface area contributed by atoms with E-state index in [4.69, 9.17) is 4.74 Å². The van der Waals surface area contributed by atoms with Crippen LogP contribution in [0.5, 0.6) is 0 Å². The molecule has 0 aromatic heterocycles. The topological polar surface area (TPSA) is 43.4 Å². The van der Waals surface area contributed by atoms with E-state index in [-0.39, 0.29) is 17.7 Å². The Balaban J connectivity index is 4.10. The zero-order chi connectivity index (χ0) is 14.5. The number of esters is 1. The number of ether oxygens (including phenoxy) is 1. The molecule has 0 saturated heterocycles. The third-order valence-corrected chi connectivity index (χ3v) is 2.96. The average molecular weight is 268 g/mol. The van der Waals surface area contributed by atoms with E-state index in [1.807, 2.05) is 13.0 Å². The third kappa shape index (κ3) is 9.46. The molecule has 0 spiro atoms. The number of ketones is 1. The SMILES string of the molecule is CCCC=CC(=O)C(CCC)CCOC(=O)CCC. The van der Waals surface area contributed by atoms with Gasteiger partial charge in [-0.2, -0.15) is 0 Å². The highest BCUT2D eigenvalue weighted by Gasteiger charge is 2.15. The number of hydrogen-bond donors (Lipinski definition) is 0. The smallest absolute Gasteiger partial charge is 0.305 e. The van der Waals surface area contributed by atoms with Crippen molar-refractivity contribution in [3.8, 4) is 0 Å². The van der Waals surface area contributed by atoms with Crippen LogP contribution in [0.2, 0.25) is 0 Å². The van der Waals surface area contributed by atoms with E-state index in [2.05, 4.69) is 13.8 Å². The molecule has 0 aliphatic heterocycles. The summed E-state index contributed by atoms with van der Waals surface area (Å²) in [7, 11) is 0. The zero-order valence-corrected chi connectivity index (χ0v) is 12.6. The van der Waals surface area contributed by atoms with Crippen molar-refractivity contribution in [1.29, 1.82) is 0 Å². The fourth-order valence-electron chi connectivity index (χ4n) is 1.87. The van der Waals surface area contributed by atoms with Gasteiger partial charge in [0.2, 0.25) is 0 Å². The van der Waals surface area contributed by atoms with E-state index in [0.29, 0.717) is 19.4 Å². The molecule has 19 heavy (non-hydrogen) atoms. The number of unbranched alkanes of at least 4 members (excludes halogenated alkanes) is 1. The molecule has 0 amide bonds. The molecular formula is C16H28O3. The van der Waals surface area contributed by atoms with Gasteiger partial charge < -0.3 is 4.74 Å². The third-order valence-electron chi connectivity index (χ3n) is 2.96. The summed E-state index contributed by atoms with van der Waals surface area (Å²) in [5.41, 5.74) is 0. The van der Waals surface area contributed by atoms with E-state index in [1.54, 1.807) is 6.08 Å². The predicted molar refractivity (Wildman–Crippen MR) is 77.9 cm³/mol. The fourth-order valence-corrected chi connectivity index (χ4v) is 1.87. The molecule has 0 aliphatic carbocycles.